The topological polar surface area (TPSA) is 64.3 Å². The maximum atomic E-state index is 11.4. The van der Waals surface area contributed by atoms with Gasteiger partial charge in [-0.25, -0.2) is 0 Å². The molecule has 0 atom stereocenters. The molecule has 5 heteroatoms. The van der Waals surface area contributed by atoms with Crippen molar-refractivity contribution in [3.63, 3.8) is 0 Å². The molecule has 0 radical (unpaired) electrons. The zero-order valence-corrected chi connectivity index (χ0v) is 10.3. The molecule has 0 unspecified atom stereocenters. The van der Waals surface area contributed by atoms with Crippen LogP contribution in [0.15, 0.2) is 0 Å². The number of Topliss-reactive ketones (excluding diaryl/α,β-unsaturated/α-hetero) is 1. The van der Waals surface area contributed by atoms with E-state index in [0.717, 1.165) is 5.00 Å². The van der Waals surface area contributed by atoms with Gasteiger partial charge in [-0.1, -0.05) is 0 Å². The van der Waals surface area contributed by atoms with Crippen molar-refractivity contribution in [3.8, 4) is 5.75 Å². The summed E-state index contributed by atoms with van der Waals surface area (Å²) in [4.78, 5) is 11.9. The zero-order valence-electron chi connectivity index (χ0n) is 9.50. The minimum atomic E-state index is -0.0116. The van der Waals surface area contributed by atoms with Crippen LogP contribution in [0.4, 0.5) is 10.7 Å². The Morgan fingerprint density at radius 2 is 2.25 bits per heavy atom. The first-order chi connectivity index (χ1) is 7.63. The summed E-state index contributed by atoms with van der Waals surface area (Å²) in [5.41, 5.74) is 6.34. The smallest absolute Gasteiger partial charge is 0.176 e. The van der Waals surface area contributed by atoms with Crippen molar-refractivity contribution < 1.29 is 9.53 Å². The molecule has 1 aliphatic carbocycles. The van der Waals surface area contributed by atoms with E-state index in [2.05, 4.69) is 5.32 Å². The predicted octanol–water partition coefficient (Wildman–Crippen LogP) is 2.51. The molecule has 0 amide bonds. The number of ether oxygens (including phenoxy) is 1. The average Bonchev–Trinajstić information content (AvgIpc) is 2.48. The SMILES string of the molecule is COc1c(NC2CCC2)sc(C(C)=O)c1N. The fourth-order valence-electron chi connectivity index (χ4n) is 1.73. The first-order valence-electron chi connectivity index (χ1n) is 5.37. The number of nitrogens with one attached hydrogen (secondary N) is 1. The minimum Gasteiger partial charge on any atom is -0.492 e. The van der Waals surface area contributed by atoms with E-state index in [1.807, 2.05) is 0 Å². The molecule has 0 saturated heterocycles. The second-order valence-electron chi connectivity index (χ2n) is 4.04. The summed E-state index contributed by atoms with van der Waals surface area (Å²) in [5, 5.41) is 4.26. The predicted molar refractivity (Wildman–Crippen MR) is 66.5 cm³/mol. The van der Waals surface area contributed by atoms with Crippen LogP contribution in [-0.2, 0) is 0 Å². The summed E-state index contributed by atoms with van der Waals surface area (Å²) >= 11 is 1.39. The highest BCUT2D eigenvalue weighted by atomic mass is 32.1. The Hall–Kier alpha value is -1.23. The Morgan fingerprint density at radius 3 is 2.69 bits per heavy atom. The van der Waals surface area contributed by atoms with Gasteiger partial charge in [0, 0.05) is 13.0 Å². The molecule has 16 heavy (non-hydrogen) atoms. The van der Waals surface area contributed by atoms with Gasteiger partial charge >= 0.3 is 0 Å². The third kappa shape index (κ3) is 1.87. The first-order valence-corrected chi connectivity index (χ1v) is 6.19. The van der Waals surface area contributed by atoms with E-state index in [1.165, 1.54) is 37.5 Å². The van der Waals surface area contributed by atoms with Gasteiger partial charge in [-0.05, 0) is 19.3 Å². The van der Waals surface area contributed by atoms with Crippen LogP contribution >= 0.6 is 11.3 Å². The van der Waals surface area contributed by atoms with E-state index in [0.29, 0.717) is 22.4 Å². The van der Waals surface area contributed by atoms with Crippen LogP contribution < -0.4 is 15.8 Å². The van der Waals surface area contributed by atoms with Crippen LogP contribution in [0.25, 0.3) is 0 Å². The second kappa shape index (κ2) is 4.33. The van der Waals surface area contributed by atoms with E-state index in [9.17, 15) is 4.79 Å². The lowest BCUT2D eigenvalue weighted by molar-refractivity contribution is 0.102. The lowest BCUT2D eigenvalue weighted by Gasteiger charge is -2.26. The van der Waals surface area contributed by atoms with Gasteiger partial charge < -0.3 is 15.8 Å². The number of thiophene rings is 1. The Labute approximate surface area is 98.8 Å². The molecular formula is C11H16N2O2S. The number of methoxy groups -OCH3 is 1. The van der Waals surface area contributed by atoms with Gasteiger partial charge in [-0.2, -0.15) is 0 Å². The van der Waals surface area contributed by atoms with Gasteiger partial charge in [-0.3, -0.25) is 4.79 Å². The Kier molecular flexibility index (Phi) is 3.05. The van der Waals surface area contributed by atoms with Gasteiger partial charge in [0.15, 0.2) is 11.5 Å². The summed E-state index contributed by atoms with van der Waals surface area (Å²) in [7, 11) is 1.58. The number of nitrogens with two attached hydrogens (primary N) is 1. The molecule has 0 bridgehead atoms. The molecule has 0 spiro atoms. The van der Waals surface area contributed by atoms with E-state index in [1.54, 1.807) is 7.11 Å². The van der Waals surface area contributed by atoms with Crippen LogP contribution in [-0.4, -0.2) is 18.9 Å². The van der Waals surface area contributed by atoms with Gasteiger partial charge in [0.25, 0.3) is 0 Å². The fraction of sp³-hybridized carbons (Fsp3) is 0.545. The maximum absolute atomic E-state index is 11.4. The standard InChI is InChI=1S/C11H16N2O2S/c1-6(14)10-8(12)9(15-2)11(16-10)13-7-4-3-5-7/h7,13H,3-5,12H2,1-2H3. The highest BCUT2D eigenvalue weighted by Gasteiger charge is 2.24. The van der Waals surface area contributed by atoms with Crippen molar-refractivity contribution in [2.45, 2.75) is 32.2 Å². The third-order valence-corrected chi connectivity index (χ3v) is 4.08. The molecule has 0 aromatic carbocycles. The number of carbonyl (C=O) groups is 1. The highest BCUT2D eigenvalue weighted by molar-refractivity contribution is 7.19. The summed E-state index contributed by atoms with van der Waals surface area (Å²) in [6.07, 6.45) is 3.62. The average molecular weight is 240 g/mol. The van der Waals surface area contributed by atoms with Crippen molar-refractivity contribution in [1.82, 2.24) is 0 Å². The number of hydrogen-bond donors (Lipinski definition) is 2. The molecule has 1 heterocycles. The van der Waals surface area contributed by atoms with Gasteiger partial charge in [0.1, 0.15) is 5.00 Å². The number of hydrogen-bond acceptors (Lipinski definition) is 5. The van der Waals surface area contributed by atoms with Crippen LogP contribution in [0.5, 0.6) is 5.75 Å². The molecule has 3 N–H and O–H groups in total. The second-order valence-corrected chi connectivity index (χ2v) is 5.06. The molecule has 2 rings (SSSR count). The molecule has 0 aliphatic heterocycles. The molecule has 1 aliphatic rings. The molecule has 4 nitrogen and oxygen atoms in total. The fourth-order valence-corrected chi connectivity index (χ4v) is 2.79. The van der Waals surface area contributed by atoms with Crippen LogP contribution in [0.1, 0.15) is 35.9 Å². The lowest BCUT2D eigenvalue weighted by Crippen LogP contribution is -2.26. The Balaban J connectivity index is 2.27. The molecule has 1 aromatic rings. The van der Waals surface area contributed by atoms with Gasteiger partial charge in [0.05, 0.1) is 17.7 Å². The van der Waals surface area contributed by atoms with E-state index < -0.39 is 0 Å². The monoisotopic (exact) mass is 240 g/mol. The first kappa shape index (κ1) is 11.3. The number of ketones is 1. The Bertz CT molecular complexity index is 410. The summed E-state index contributed by atoms with van der Waals surface area (Å²) in [5.74, 6) is 0.601. The largest absolute Gasteiger partial charge is 0.492 e. The van der Waals surface area contributed by atoms with E-state index >= 15 is 0 Å². The van der Waals surface area contributed by atoms with Crippen molar-refractivity contribution in [2.24, 2.45) is 0 Å². The molecule has 88 valence electrons. The minimum absolute atomic E-state index is 0.0116. The maximum Gasteiger partial charge on any atom is 0.176 e. The van der Waals surface area contributed by atoms with Crippen LogP contribution in [0.3, 0.4) is 0 Å². The highest BCUT2D eigenvalue weighted by Crippen LogP contribution is 2.43. The molecule has 1 fully saturated rings. The molecular weight excluding hydrogens is 224 g/mol. The number of carbonyl (C=O) groups excluding carboxylic acids is 1. The van der Waals surface area contributed by atoms with Crippen molar-refractivity contribution in [3.05, 3.63) is 4.88 Å². The van der Waals surface area contributed by atoms with E-state index in [4.69, 9.17) is 10.5 Å². The zero-order chi connectivity index (χ0) is 11.7. The summed E-state index contributed by atoms with van der Waals surface area (Å²) < 4.78 is 5.25. The quantitative estimate of drug-likeness (QED) is 0.794. The van der Waals surface area contributed by atoms with E-state index in [-0.39, 0.29) is 5.78 Å². The Morgan fingerprint density at radius 1 is 1.56 bits per heavy atom. The number of nitrogen functional groups attached to an aromatic ring is 1. The third-order valence-electron chi connectivity index (χ3n) is 2.86. The van der Waals surface area contributed by atoms with Crippen LogP contribution in [0, 0.1) is 0 Å². The summed E-state index contributed by atoms with van der Waals surface area (Å²) in [6, 6.07) is 0.506. The van der Waals surface area contributed by atoms with Crippen molar-refractivity contribution in [2.75, 3.05) is 18.2 Å². The van der Waals surface area contributed by atoms with Crippen molar-refractivity contribution in [1.29, 1.82) is 0 Å². The number of rotatable bonds is 4. The molecule has 1 saturated carbocycles. The van der Waals surface area contributed by atoms with Gasteiger partial charge in [0.2, 0.25) is 0 Å². The molecule has 1 aromatic heterocycles. The van der Waals surface area contributed by atoms with Crippen LogP contribution in [0.2, 0.25) is 0 Å². The van der Waals surface area contributed by atoms with Gasteiger partial charge in [-0.15, -0.1) is 11.3 Å². The lowest BCUT2D eigenvalue weighted by atomic mass is 9.93. The summed E-state index contributed by atoms with van der Waals surface area (Å²) in [6.45, 7) is 1.52. The number of anilines is 2. The normalized spacial score (nSPS) is 15.6. The van der Waals surface area contributed by atoms with Crippen molar-refractivity contribution >= 4 is 27.8 Å².